The van der Waals surface area contributed by atoms with Crippen LogP contribution in [-0.2, 0) is 4.79 Å². The summed E-state index contributed by atoms with van der Waals surface area (Å²) in [5.41, 5.74) is 0.954. The van der Waals surface area contributed by atoms with Crippen LogP contribution in [0.5, 0.6) is 5.75 Å². The zero-order chi connectivity index (χ0) is 10.4. The quantitative estimate of drug-likeness (QED) is 0.584. The molecule has 3 nitrogen and oxygen atoms in total. The highest BCUT2D eigenvalue weighted by Crippen LogP contribution is 2.13. The first kappa shape index (κ1) is 10.5. The van der Waals surface area contributed by atoms with Crippen LogP contribution < -0.4 is 4.74 Å². The van der Waals surface area contributed by atoms with E-state index in [1.54, 1.807) is 24.3 Å². The Labute approximate surface area is 82.6 Å². The Bertz CT molecular complexity index is 325. The van der Waals surface area contributed by atoms with Crippen LogP contribution in [0.3, 0.4) is 0 Å². The van der Waals surface area contributed by atoms with E-state index in [2.05, 4.69) is 0 Å². The second-order valence-corrected chi connectivity index (χ2v) is 2.75. The van der Waals surface area contributed by atoms with E-state index in [0.29, 0.717) is 5.75 Å². The molecule has 0 unspecified atom stereocenters. The van der Waals surface area contributed by atoms with Gasteiger partial charge in [0.2, 0.25) is 0 Å². The van der Waals surface area contributed by atoms with Crippen molar-refractivity contribution in [1.82, 2.24) is 0 Å². The molecule has 0 fully saturated rings. The third kappa shape index (κ3) is 3.41. The number of benzene rings is 1. The lowest BCUT2D eigenvalue weighted by atomic mass is 10.2. The average Bonchev–Trinajstić information content (AvgIpc) is 2.16. The molecule has 3 heteroatoms. The highest BCUT2D eigenvalue weighted by molar-refractivity contribution is 5.69. The number of aliphatic hydroxyl groups excluding tert-OH is 1. The molecule has 14 heavy (non-hydrogen) atoms. The number of carbonyl (C=O) groups excluding carboxylic acids is 1. The van der Waals surface area contributed by atoms with Crippen molar-refractivity contribution in [3.8, 4) is 5.75 Å². The molecular weight excluding hydrogens is 180 g/mol. The van der Waals surface area contributed by atoms with Crippen LogP contribution in [0.4, 0.5) is 0 Å². The molecule has 0 atom stereocenters. The lowest BCUT2D eigenvalue weighted by Crippen LogP contribution is -2.00. The van der Waals surface area contributed by atoms with Crippen LogP contribution in [0.1, 0.15) is 12.5 Å². The maximum absolute atomic E-state index is 10.6. The zero-order valence-electron chi connectivity index (χ0n) is 7.93. The van der Waals surface area contributed by atoms with Gasteiger partial charge < -0.3 is 9.84 Å². The second-order valence-electron chi connectivity index (χ2n) is 2.75. The average molecular weight is 192 g/mol. The third-order valence-electron chi connectivity index (χ3n) is 1.56. The predicted molar refractivity (Wildman–Crippen MR) is 53.9 cm³/mol. The van der Waals surface area contributed by atoms with Gasteiger partial charge in [0, 0.05) is 6.92 Å². The predicted octanol–water partition coefficient (Wildman–Crippen LogP) is 1.62. The fraction of sp³-hybridized carbons (Fsp3) is 0.182. The van der Waals surface area contributed by atoms with Crippen molar-refractivity contribution in [2.45, 2.75) is 6.92 Å². The van der Waals surface area contributed by atoms with Gasteiger partial charge in [-0.15, -0.1) is 0 Å². The van der Waals surface area contributed by atoms with Crippen LogP contribution in [-0.4, -0.2) is 17.7 Å². The first-order valence-electron chi connectivity index (χ1n) is 4.28. The SMILES string of the molecule is CC(=O)Oc1ccc(/C=C\CO)cc1. The fourth-order valence-electron chi connectivity index (χ4n) is 1.00. The van der Waals surface area contributed by atoms with E-state index in [4.69, 9.17) is 9.84 Å². The molecule has 0 aliphatic carbocycles. The topological polar surface area (TPSA) is 46.5 Å². The third-order valence-corrected chi connectivity index (χ3v) is 1.56. The van der Waals surface area contributed by atoms with Crippen molar-refractivity contribution >= 4 is 12.0 Å². The summed E-state index contributed by atoms with van der Waals surface area (Å²) in [6.07, 6.45) is 3.43. The van der Waals surface area contributed by atoms with E-state index in [9.17, 15) is 4.79 Å². The summed E-state index contributed by atoms with van der Waals surface area (Å²) in [5.74, 6) is 0.197. The normalized spacial score (nSPS) is 10.4. The number of esters is 1. The van der Waals surface area contributed by atoms with E-state index in [-0.39, 0.29) is 12.6 Å². The van der Waals surface area contributed by atoms with Crippen molar-refractivity contribution < 1.29 is 14.6 Å². The summed E-state index contributed by atoms with van der Waals surface area (Å²) in [6, 6.07) is 7.03. The Morgan fingerprint density at radius 3 is 2.57 bits per heavy atom. The number of hydrogen-bond donors (Lipinski definition) is 1. The van der Waals surface area contributed by atoms with E-state index in [1.807, 2.05) is 12.1 Å². The molecule has 0 aromatic heterocycles. The maximum Gasteiger partial charge on any atom is 0.308 e. The molecule has 0 amide bonds. The van der Waals surface area contributed by atoms with Gasteiger partial charge >= 0.3 is 5.97 Å². The molecule has 1 N–H and O–H groups in total. The summed E-state index contributed by atoms with van der Waals surface area (Å²) in [7, 11) is 0. The Morgan fingerprint density at radius 1 is 1.43 bits per heavy atom. The minimum absolute atomic E-state index is 0.0195. The molecular formula is C11H12O3. The van der Waals surface area contributed by atoms with Crippen LogP contribution in [0.2, 0.25) is 0 Å². The summed E-state index contributed by atoms with van der Waals surface area (Å²) in [6.45, 7) is 1.38. The molecule has 0 spiro atoms. The van der Waals surface area contributed by atoms with E-state index in [0.717, 1.165) is 5.56 Å². The Morgan fingerprint density at radius 2 is 2.07 bits per heavy atom. The molecule has 0 bridgehead atoms. The van der Waals surface area contributed by atoms with Crippen LogP contribution in [0, 0.1) is 0 Å². The molecule has 0 saturated heterocycles. The van der Waals surface area contributed by atoms with Gasteiger partial charge in [0.15, 0.2) is 0 Å². The minimum atomic E-state index is -0.330. The Balaban J connectivity index is 2.68. The van der Waals surface area contributed by atoms with Crippen molar-refractivity contribution in [2.24, 2.45) is 0 Å². The maximum atomic E-state index is 10.6. The molecule has 1 aromatic rings. The molecule has 74 valence electrons. The van der Waals surface area contributed by atoms with Crippen molar-refractivity contribution in [1.29, 1.82) is 0 Å². The van der Waals surface area contributed by atoms with Gasteiger partial charge in [0.1, 0.15) is 5.75 Å². The smallest absolute Gasteiger partial charge is 0.308 e. The molecule has 0 heterocycles. The number of rotatable bonds is 3. The van der Waals surface area contributed by atoms with E-state index >= 15 is 0 Å². The summed E-state index contributed by atoms with van der Waals surface area (Å²) in [4.78, 5) is 10.6. The van der Waals surface area contributed by atoms with Crippen molar-refractivity contribution in [3.63, 3.8) is 0 Å². The molecule has 1 rings (SSSR count). The van der Waals surface area contributed by atoms with E-state index in [1.165, 1.54) is 6.92 Å². The van der Waals surface area contributed by atoms with Gasteiger partial charge in [-0.1, -0.05) is 24.3 Å². The van der Waals surface area contributed by atoms with Gasteiger partial charge in [-0.3, -0.25) is 4.79 Å². The lowest BCUT2D eigenvalue weighted by molar-refractivity contribution is -0.131. The van der Waals surface area contributed by atoms with Crippen molar-refractivity contribution in [2.75, 3.05) is 6.61 Å². The molecule has 0 radical (unpaired) electrons. The Kier molecular flexibility index (Phi) is 3.88. The molecule has 0 aliphatic rings. The highest BCUT2D eigenvalue weighted by Gasteiger charge is 1.96. The van der Waals surface area contributed by atoms with Crippen LogP contribution in [0.25, 0.3) is 6.08 Å². The number of hydrogen-bond acceptors (Lipinski definition) is 3. The number of aliphatic hydroxyl groups is 1. The fourth-order valence-corrected chi connectivity index (χ4v) is 1.00. The number of carbonyl (C=O) groups is 1. The molecule has 1 aromatic carbocycles. The van der Waals surface area contributed by atoms with Gasteiger partial charge in [-0.2, -0.15) is 0 Å². The summed E-state index contributed by atoms with van der Waals surface area (Å²) < 4.78 is 4.86. The molecule has 0 saturated carbocycles. The number of ether oxygens (including phenoxy) is 1. The Hall–Kier alpha value is -1.61. The lowest BCUT2D eigenvalue weighted by Gasteiger charge is -2.00. The first-order chi connectivity index (χ1) is 6.72. The monoisotopic (exact) mass is 192 g/mol. The van der Waals surface area contributed by atoms with Crippen molar-refractivity contribution in [3.05, 3.63) is 35.9 Å². The van der Waals surface area contributed by atoms with Gasteiger partial charge in [-0.25, -0.2) is 0 Å². The van der Waals surface area contributed by atoms with Gasteiger partial charge in [-0.05, 0) is 17.7 Å². The highest BCUT2D eigenvalue weighted by atomic mass is 16.5. The zero-order valence-corrected chi connectivity index (χ0v) is 7.93. The first-order valence-corrected chi connectivity index (χ1v) is 4.28. The molecule has 0 aliphatic heterocycles. The van der Waals surface area contributed by atoms with E-state index < -0.39 is 0 Å². The summed E-state index contributed by atoms with van der Waals surface area (Å²) >= 11 is 0. The summed E-state index contributed by atoms with van der Waals surface area (Å²) in [5, 5.41) is 8.54. The standard InChI is InChI=1S/C11H12O3/c1-9(13)14-11-6-4-10(5-7-11)3-2-8-12/h2-7,12H,8H2,1H3/b3-2-. The largest absolute Gasteiger partial charge is 0.427 e. The second kappa shape index (κ2) is 5.19. The van der Waals surface area contributed by atoms with Gasteiger partial charge in [0.05, 0.1) is 6.61 Å². The van der Waals surface area contributed by atoms with Crippen LogP contribution in [0.15, 0.2) is 30.3 Å². The van der Waals surface area contributed by atoms with Crippen LogP contribution >= 0.6 is 0 Å². The van der Waals surface area contributed by atoms with Gasteiger partial charge in [0.25, 0.3) is 0 Å². The minimum Gasteiger partial charge on any atom is -0.427 e.